The van der Waals surface area contributed by atoms with Crippen LogP contribution in [0.5, 0.6) is 0 Å². The quantitative estimate of drug-likeness (QED) is 0.880. The third-order valence-corrected chi connectivity index (χ3v) is 3.92. The fourth-order valence-electron chi connectivity index (χ4n) is 2.75. The summed E-state index contributed by atoms with van der Waals surface area (Å²) in [6.45, 7) is 3.43. The molecule has 0 saturated heterocycles. The van der Waals surface area contributed by atoms with Crippen molar-refractivity contribution in [2.45, 2.75) is 45.2 Å². The molecule has 0 radical (unpaired) electrons. The molecule has 122 valence electrons. The summed E-state index contributed by atoms with van der Waals surface area (Å²) in [4.78, 5) is 28.0. The highest BCUT2D eigenvalue weighted by atomic mass is 16.5. The van der Waals surface area contributed by atoms with Crippen LogP contribution in [0.25, 0.3) is 0 Å². The predicted molar refractivity (Wildman–Crippen MR) is 78.8 cm³/mol. The van der Waals surface area contributed by atoms with E-state index in [1.54, 1.807) is 19.9 Å². The molecule has 0 aromatic carbocycles. The molecular formula is C15H18N4O4. The molecule has 2 aromatic rings. The fraction of sp³-hybridized carbons (Fsp3) is 0.467. The van der Waals surface area contributed by atoms with Crippen molar-refractivity contribution < 1.29 is 18.5 Å². The molecule has 23 heavy (non-hydrogen) atoms. The zero-order valence-corrected chi connectivity index (χ0v) is 13.0. The van der Waals surface area contributed by atoms with Crippen LogP contribution in [-0.2, 0) is 0 Å². The van der Waals surface area contributed by atoms with Crippen LogP contribution >= 0.6 is 0 Å². The van der Waals surface area contributed by atoms with Crippen molar-refractivity contribution >= 4 is 11.8 Å². The van der Waals surface area contributed by atoms with Gasteiger partial charge in [-0.25, -0.2) is 4.98 Å². The highest BCUT2D eigenvalue weighted by Gasteiger charge is 2.29. The summed E-state index contributed by atoms with van der Waals surface area (Å²) in [7, 11) is 0. The first-order valence-electron chi connectivity index (χ1n) is 7.48. The molecule has 2 aromatic heterocycles. The fourth-order valence-corrected chi connectivity index (χ4v) is 2.75. The largest absolute Gasteiger partial charge is 0.448 e. The lowest BCUT2D eigenvalue weighted by atomic mass is 10.2. The predicted octanol–water partition coefficient (Wildman–Crippen LogP) is 1.36. The second kappa shape index (κ2) is 6.23. The van der Waals surface area contributed by atoms with Crippen LogP contribution in [0.3, 0.4) is 0 Å². The standard InChI is InChI=1S/C15H18N4O4/c1-8-5-12(19-23-8)14(20)17-10-3-4-11(6-10)18-15(21)13-9(2)22-7-16-13/h5,7,10-11H,3-4,6H2,1-2H3,(H,17,20)(H,18,21). The molecule has 2 unspecified atom stereocenters. The maximum Gasteiger partial charge on any atom is 0.273 e. The molecule has 2 N–H and O–H groups in total. The third kappa shape index (κ3) is 3.41. The molecule has 3 rings (SSSR count). The summed E-state index contributed by atoms with van der Waals surface area (Å²) in [6.07, 6.45) is 3.52. The van der Waals surface area contributed by atoms with Crippen molar-refractivity contribution in [2.75, 3.05) is 0 Å². The Kier molecular flexibility index (Phi) is 4.14. The van der Waals surface area contributed by atoms with Gasteiger partial charge < -0.3 is 19.6 Å². The minimum absolute atomic E-state index is 0.00273. The Morgan fingerprint density at radius 1 is 1.17 bits per heavy atom. The van der Waals surface area contributed by atoms with Crippen LogP contribution in [0.15, 0.2) is 21.4 Å². The maximum absolute atomic E-state index is 12.1. The molecule has 1 fully saturated rings. The van der Waals surface area contributed by atoms with Gasteiger partial charge in [0.1, 0.15) is 11.5 Å². The van der Waals surface area contributed by atoms with Gasteiger partial charge in [0.2, 0.25) is 0 Å². The number of nitrogens with zero attached hydrogens (tertiary/aromatic N) is 2. The van der Waals surface area contributed by atoms with Gasteiger partial charge in [-0.15, -0.1) is 0 Å². The van der Waals surface area contributed by atoms with Gasteiger partial charge in [0.05, 0.1) is 0 Å². The summed E-state index contributed by atoms with van der Waals surface area (Å²) in [5.41, 5.74) is 0.573. The lowest BCUT2D eigenvalue weighted by Gasteiger charge is -2.13. The molecule has 1 aliphatic rings. The monoisotopic (exact) mass is 318 g/mol. The molecule has 0 aliphatic heterocycles. The number of rotatable bonds is 4. The zero-order valence-electron chi connectivity index (χ0n) is 13.0. The zero-order chi connectivity index (χ0) is 16.4. The van der Waals surface area contributed by atoms with E-state index < -0.39 is 0 Å². The van der Waals surface area contributed by atoms with E-state index in [-0.39, 0.29) is 29.6 Å². The number of amides is 2. The lowest BCUT2D eigenvalue weighted by Crippen LogP contribution is -2.37. The second-order valence-corrected chi connectivity index (χ2v) is 5.73. The molecule has 8 nitrogen and oxygen atoms in total. The summed E-state index contributed by atoms with van der Waals surface area (Å²) < 4.78 is 9.92. The number of nitrogens with one attached hydrogen (secondary N) is 2. The minimum atomic E-state index is -0.258. The van der Waals surface area contributed by atoms with E-state index in [4.69, 9.17) is 8.94 Å². The van der Waals surface area contributed by atoms with Gasteiger partial charge in [-0.3, -0.25) is 9.59 Å². The van der Waals surface area contributed by atoms with Gasteiger partial charge in [0.15, 0.2) is 17.8 Å². The highest BCUT2D eigenvalue weighted by Crippen LogP contribution is 2.20. The van der Waals surface area contributed by atoms with Crippen molar-refractivity contribution in [1.82, 2.24) is 20.8 Å². The van der Waals surface area contributed by atoms with Crippen LogP contribution in [0.1, 0.15) is 51.8 Å². The number of aromatic nitrogens is 2. The van der Waals surface area contributed by atoms with Crippen LogP contribution < -0.4 is 10.6 Å². The van der Waals surface area contributed by atoms with E-state index in [1.165, 1.54) is 6.39 Å². The summed E-state index contributed by atoms with van der Waals surface area (Å²) >= 11 is 0. The molecular weight excluding hydrogens is 300 g/mol. The first-order valence-corrected chi connectivity index (χ1v) is 7.48. The normalized spacial score (nSPS) is 20.4. The van der Waals surface area contributed by atoms with Crippen molar-refractivity contribution in [3.63, 3.8) is 0 Å². The van der Waals surface area contributed by atoms with Crippen LogP contribution in [0.4, 0.5) is 0 Å². The Morgan fingerprint density at radius 2 is 1.87 bits per heavy atom. The Hall–Kier alpha value is -2.64. The van der Waals surface area contributed by atoms with Crippen LogP contribution in [0, 0.1) is 13.8 Å². The van der Waals surface area contributed by atoms with Gasteiger partial charge in [-0.2, -0.15) is 0 Å². The van der Waals surface area contributed by atoms with E-state index in [9.17, 15) is 9.59 Å². The summed E-state index contributed by atoms with van der Waals surface area (Å²) in [5.74, 6) is 0.577. The molecule has 2 atom stereocenters. The molecule has 8 heteroatoms. The SMILES string of the molecule is Cc1cc(C(=O)NC2CCC(NC(=O)c3ncoc3C)C2)no1. The van der Waals surface area contributed by atoms with E-state index in [2.05, 4.69) is 20.8 Å². The van der Waals surface area contributed by atoms with E-state index in [1.807, 2.05) is 0 Å². The van der Waals surface area contributed by atoms with Gasteiger partial charge in [-0.1, -0.05) is 5.16 Å². The average molecular weight is 318 g/mol. The highest BCUT2D eigenvalue weighted by molar-refractivity contribution is 5.93. The maximum atomic E-state index is 12.1. The summed E-state index contributed by atoms with van der Waals surface area (Å²) in [6, 6.07) is 1.60. The number of hydrogen-bond donors (Lipinski definition) is 2. The van der Waals surface area contributed by atoms with Gasteiger partial charge in [-0.05, 0) is 33.1 Å². The summed E-state index contributed by atoms with van der Waals surface area (Å²) in [5, 5.41) is 9.53. The topological polar surface area (TPSA) is 110 Å². The number of carbonyl (C=O) groups excluding carboxylic acids is 2. The molecule has 0 spiro atoms. The average Bonchev–Trinajstić information content (AvgIpc) is 3.21. The van der Waals surface area contributed by atoms with Crippen molar-refractivity contribution in [3.05, 3.63) is 35.4 Å². The van der Waals surface area contributed by atoms with E-state index >= 15 is 0 Å². The number of carbonyl (C=O) groups is 2. The molecule has 2 amide bonds. The second-order valence-electron chi connectivity index (χ2n) is 5.73. The molecule has 0 bridgehead atoms. The first kappa shape index (κ1) is 15.3. The number of oxazole rings is 1. The Morgan fingerprint density at radius 3 is 2.43 bits per heavy atom. The molecule has 1 aliphatic carbocycles. The Labute approximate surface area is 132 Å². The van der Waals surface area contributed by atoms with Crippen molar-refractivity contribution in [3.8, 4) is 0 Å². The smallest absolute Gasteiger partial charge is 0.273 e. The first-order chi connectivity index (χ1) is 11.0. The lowest BCUT2D eigenvalue weighted by molar-refractivity contribution is 0.0928. The third-order valence-electron chi connectivity index (χ3n) is 3.92. The Balaban J connectivity index is 1.51. The van der Waals surface area contributed by atoms with Crippen molar-refractivity contribution in [1.29, 1.82) is 0 Å². The van der Waals surface area contributed by atoms with Gasteiger partial charge >= 0.3 is 0 Å². The van der Waals surface area contributed by atoms with E-state index in [0.717, 1.165) is 12.8 Å². The molecule has 2 heterocycles. The number of aryl methyl sites for hydroxylation is 2. The van der Waals surface area contributed by atoms with Crippen LogP contribution in [0.2, 0.25) is 0 Å². The Bertz CT molecular complexity index is 721. The molecule has 1 saturated carbocycles. The van der Waals surface area contributed by atoms with Gasteiger partial charge in [0, 0.05) is 18.2 Å². The van der Waals surface area contributed by atoms with Gasteiger partial charge in [0.25, 0.3) is 11.8 Å². The van der Waals surface area contributed by atoms with Crippen LogP contribution in [-0.4, -0.2) is 34.0 Å². The van der Waals surface area contributed by atoms with Crippen molar-refractivity contribution in [2.24, 2.45) is 0 Å². The minimum Gasteiger partial charge on any atom is -0.448 e. The number of hydrogen-bond acceptors (Lipinski definition) is 6. The van der Waals surface area contributed by atoms with E-state index in [0.29, 0.717) is 23.6 Å².